The van der Waals surface area contributed by atoms with E-state index in [1.165, 1.54) is 6.07 Å². The van der Waals surface area contributed by atoms with Crippen molar-refractivity contribution in [2.45, 2.75) is 26.3 Å². The van der Waals surface area contributed by atoms with Crippen molar-refractivity contribution in [3.8, 4) is 0 Å². The highest BCUT2D eigenvalue weighted by Gasteiger charge is 2.29. The Bertz CT molecular complexity index is 471. The van der Waals surface area contributed by atoms with Gasteiger partial charge in [-0.2, -0.15) is 0 Å². The highest BCUT2D eigenvalue weighted by atomic mass is 19.1. The van der Waals surface area contributed by atoms with Gasteiger partial charge >= 0.3 is 0 Å². The number of carbonyl (C=O) groups is 1. The molecule has 1 aliphatic heterocycles. The maximum absolute atomic E-state index is 13.5. The number of amides is 1. The van der Waals surface area contributed by atoms with Crippen LogP contribution in [0.1, 0.15) is 29.8 Å². The van der Waals surface area contributed by atoms with Crippen molar-refractivity contribution in [2.75, 3.05) is 19.6 Å². The second kappa shape index (κ2) is 4.69. The van der Waals surface area contributed by atoms with Crippen molar-refractivity contribution >= 4 is 5.91 Å². The van der Waals surface area contributed by atoms with Gasteiger partial charge < -0.3 is 10.2 Å². The number of hydrogen-bond acceptors (Lipinski definition) is 2. The van der Waals surface area contributed by atoms with E-state index in [1.54, 1.807) is 24.0 Å². The van der Waals surface area contributed by atoms with E-state index in [0.29, 0.717) is 24.2 Å². The zero-order valence-corrected chi connectivity index (χ0v) is 11.1. The standard InChI is InChI=1S/C14H19FN2O/c1-10-4-5-11(8-12(10)15)13(18)17-7-6-16-14(2,3)9-17/h4-5,8,16H,6-7,9H2,1-3H3. The third-order valence-corrected chi connectivity index (χ3v) is 3.28. The highest BCUT2D eigenvalue weighted by Crippen LogP contribution is 2.15. The van der Waals surface area contributed by atoms with E-state index in [2.05, 4.69) is 19.2 Å². The van der Waals surface area contributed by atoms with Crippen LogP contribution in [0.2, 0.25) is 0 Å². The summed E-state index contributed by atoms with van der Waals surface area (Å²) >= 11 is 0. The number of nitrogens with one attached hydrogen (secondary N) is 1. The van der Waals surface area contributed by atoms with Gasteiger partial charge in [-0.15, -0.1) is 0 Å². The van der Waals surface area contributed by atoms with Gasteiger partial charge in [0.2, 0.25) is 0 Å². The summed E-state index contributed by atoms with van der Waals surface area (Å²) in [7, 11) is 0. The second-order valence-corrected chi connectivity index (χ2v) is 5.50. The number of aryl methyl sites for hydroxylation is 1. The third kappa shape index (κ3) is 2.70. The van der Waals surface area contributed by atoms with Gasteiger partial charge in [-0.1, -0.05) is 6.07 Å². The molecule has 0 aliphatic carbocycles. The number of carbonyl (C=O) groups excluding carboxylic acids is 1. The Balaban J connectivity index is 2.18. The molecule has 0 saturated carbocycles. The second-order valence-electron chi connectivity index (χ2n) is 5.50. The maximum Gasteiger partial charge on any atom is 0.254 e. The van der Waals surface area contributed by atoms with Crippen LogP contribution in [0.25, 0.3) is 0 Å². The summed E-state index contributed by atoms with van der Waals surface area (Å²) in [5.74, 6) is -0.418. The minimum Gasteiger partial charge on any atom is -0.336 e. The summed E-state index contributed by atoms with van der Waals surface area (Å²) in [5, 5.41) is 3.35. The van der Waals surface area contributed by atoms with E-state index in [1.807, 2.05) is 0 Å². The largest absolute Gasteiger partial charge is 0.336 e. The first-order chi connectivity index (χ1) is 8.39. The van der Waals surface area contributed by atoms with Gasteiger partial charge in [-0.25, -0.2) is 4.39 Å². The molecule has 1 N–H and O–H groups in total. The Labute approximate surface area is 107 Å². The van der Waals surface area contributed by atoms with Crippen molar-refractivity contribution in [1.82, 2.24) is 10.2 Å². The van der Waals surface area contributed by atoms with Gasteiger partial charge in [0, 0.05) is 30.7 Å². The number of benzene rings is 1. The number of halogens is 1. The number of hydrogen-bond donors (Lipinski definition) is 1. The van der Waals surface area contributed by atoms with Crippen LogP contribution < -0.4 is 5.32 Å². The van der Waals surface area contributed by atoms with Crippen LogP contribution in [0, 0.1) is 12.7 Å². The molecule has 1 aromatic carbocycles. The molecule has 98 valence electrons. The molecule has 2 rings (SSSR count). The molecule has 1 saturated heterocycles. The molecule has 1 amide bonds. The molecule has 0 atom stereocenters. The zero-order valence-electron chi connectivity index (χ0n) is 11.1. The minimum absolute atomic E-state index is 0.0862. The van der Waals surface area contributed by atoms with Crippen LogP contribution in [0.5, 0.6) is 0 Å². The quantitative estimate of drug-likeness (QED) is 0.826. The summed E-state index contributed by atoms with van der Waals surface area (Å²) < 4.78 is 13.5. The highest BCUT2D eigenvalue weighted by molar-refractivity contribution is 5.94. The first-order valence-electron chi connectivity index (χ1n) is 6.19. The molecule has 0 bridgehead atoms. The van der Waals surface area contributed by atoms with Gasteiger partial charge in [0.15, 0.2) is 0 Å². The lowest BCUT2D eigenvalue weighted by Gasteiger charge is -2.39. The Morgan fingerprint density at radius 1 is 1.44 bits per heavy atom. The van der Waals surface area contributed by atoms with E-state index >= 15 is 0 Å². The predicted molar refractivity (Wildman–Crippen MR) is 69.1 cm³/mol. The van der Waals surface area contributed by atoms with Crippen LogP contribution in [-0.2, 0) is 0 Å². The van der Waals surface area contributed by atoms with Crippen molar-refractivity contribution in [3.05, 3.63) is 35.1 Å². The van der Waals surface area contributed by atoms with Crippen molar-refractivity contribution < 1.29 is 9.18 Å². The van der Waals surface area contributed by atoms with Crippen LogP contribution in [0.3, 0.4) is 0 Å². The molecule has 1 heterocycles. The topological polar surface area (TPSA) is 32.3 Å². The van der Waals surface area contributed by atoms with Crippen LogP contribution in [0.4, 0.5) is 4.39 Å². The number of rotatable bonds is 1. The smallest absolute Gasteiger partial charge is 0.254 e. The minimum atomic E-state index is -0.324. The predicted octanol–water partition coefficient (Wildman–Crippen LogP) is 1.96. The SMILES string of the molecule is Cc1ccc(C(=O)N2CCNC(C)(C)C2)cc1F. The summed E-state index contributed by atoms with van der Waals surface area (Å²) in [6, 6.07) is 4.67. The molecular weight excluding hydrogens is 231 g/mol. The molecule has 0 aromatic heterocycles. The monoisotopic (exact) mass is 250 g/mol. The molecule has 4 heteroatoms. The molecule has 18 heavy (non-hydrogen) atoms. The van der Waals surface area contributed by atoms with Crippen LogP contribution >= 0.6 is 0 Å². The Morgan fingerprint density at radius 3 is 2.78 bits per heavy atom. The average Bonchev–Trinajstić information content (AvgIpc) is 2.30. The fourth-order valence-corrected chi connectivity index (χ4v) is 2.22. The number of piperazine rings is 1. The van der Waals surface area contributed by atoms with E-state index in [9.17, 15) is 9.18 Å². The Kier molecular flexibility index (Phi) is 3.39. The maximum atomic E-state index is 13.5. The van der Waals surface area contributed by atoms with Crippen LogP contribution in [0.15, 0.2) is 18.2 Å². The molecule has 0 radical (unpaired) electrons. The Hall–Kier alpha value is -1.42. The van der Waals surface area contributed by atoms with E-state index in [0.717, 1.165) is 6.54 Å². The molecule has 1 aliphatic rings. The fourth-order valence-electron chi connectivity index (χ4n) is 2.22. The summed E-state index contributed by atoms with van der Waals surface area (Å²) in [5.41, 5.74) is 0.903. The van der Waals surface area contributed by atoms with Gasteiger partial charge in [0.05, 0.1) is 0 Å². The molecule has 3 nitrogen and oxygen atoms in total. The van der Waals surface area contributed by atoms with Crippen molar-refractivity contribution in [3.63, 3.8) is 0 Å². The fraction of sp³-hybridized carbons (Fsp3) is 0.500. The van der Waals surface area contributed by atoms with Crippen molar-refractivity contribution in [1.29, 1.82) is 0 Å². The summed E-state index contributed by atoms with van der Waals surface area (Å²) in [4.78, 5) is 14.1. The van der Waals surface area contributed by atoms with Gasteiger partial charge in [-0.3, -0.25) is 4.79 Å². The van der Waals surface area contributed by atoms with E-state index < -0.39 is 0 Å². The molecule has 1 fully saturated rings. The first kappa shape index (κ1) is 13.0. The normalized spacial score (nSPS) is 18.8. The zero-order chi connectivity index (χ0) is 13.3. The van der Waals surface area contributed by atoms with E-state index in [-0.39, 0.29) is 17.3 Å². The van der Waals surface area contributed by atoms with Gasteiger partial charge in [0.25, 0.3) is 5.91 Å². The first-order valence-corrected chi connectivity index (χ1v) is 6.19. The lowest BCUT2D eigenvalue weighted by Crippen LogP contribution is -2.58. The lowest BCUT2D eigenvalue weighted by molar-refractivity contribution is 0.0651. The third-order valence-electron chi connectivity index (χ3n) is 3.28. The molecule has 0 unspecified atom stereocenters. The Morgan fingerprint density at radius 2 is 2.17 bits per heavy atom. The van der Waals surface area contributed by atoms with E-state index in [4.69, 9.17) is 0 Å². The molecular formula is C14H19FN2O. The number of nitrogens with zero attached hydrogens (tertiary/aromatic N) is 1. The van der Waals surface area contributed by atoms with Crippen LogP contribution in [-0.4, -0.2) is 36.0 Å². The summed E-state index contributed by atoms with van der Waals surface area (Å²) in [6.07, 6.45) is 0. The lowest BCUT2D eigenvalue weighted by atomic mass is 10.0. The molecule has 1 aromatic rings. The average molecular weight is 250 g/mol. The molecule has 0 spiro atoms. The summed E-state index contributed by atoms with van der Waals surface area (Å²) in [6.45, 7) is 7.88. The van der Waals surface area contributed by atoms with Gasteiger partial charge in [-0.05, 0) is 38.5 Å². The van der Waals surface area contributed by atoms with Crippen molar-refractivity contribution in [2.24, 2.45) is 0 Å². The van der Waals surface area contributed by atoms with Gasteiger partial charge in [0.1, 0.15) is 5.82 Å².